The van der Waals surface area contributed by atoms with Crippen LogP contribution in [0.1, 0.15) is 53.9 Å². The second-order valence-corrected chi connectivity index (χ2v) is 8.08. The highest BCUT2D eigenvalue weighted by molar-refractivity contribution is 5.44. The van der Waals surface area contributed by atoms with Crippen LogP contribution < -0.4 is 0 Å². The Bertz CT molecular complexity index is 364. The maximum absolute atomic E-state index is 2.56. The standard InChI is InChI=1S/C15H24/c1-6-9-7-14-8-15(9)11(13(15,4)5)10(14)12(14,2)3/h9-11H,6-8H2,1-5H3. The average molecular weight is 204 g/mol. The molecule has 0 saturated heterocycles. The zero-order valence-corrected chi connectivity index (χ0v) is 10.9. The zero-order valence-electron chi connectivity index (χ0n) is 10.9. The molecule has 0 heterocycles. The van der Waals surface area contributed by atoms with Gasteiger partial charge in [0.2, 0.25) is 0 Å². The highest BCUT2D eigenvalue weighted by Gasteiger charge is 2.96. The fraction of sp³-hybridized carbons (Fsp3) is 1.00. The normalized spacial score (nSPS) is 65.0. The van der Waals surface area contributed by atoms with Crippen LogP contribution in [-0.4, -0.2) is 0 Å². The van der Waals surface area contributed by atoms with Crippen molar-refractivity contribution in [3.8, 4) is 0 Å². The number of hydrogen-bond acceptors (Lipinski definition) is 0. The predicted molar refractivity (Wildman–Crippen MR) is 62.4 cm³/mol. The van der Waals surface area contributed by atoms with Crippen molar-refractivity contribution in [1.82, 2.24) is 0 Å². The Morgan fingerprint density at radius 1 is 1.00 bits per heavy atom. The van der Waals surface area contributed by atoms with Crippen LogP contribution in [0.2, 0.25) is 0 Å². The third kappa shape index (κ3) is 0.542. The van der Waals surface area contributed by atoms with Crippen molar-refractivity contribution in [1.29, 1.82) is 0 Å². The summed E-state index contributed by atoms with van der Waals surface area (Å²) in [5.74, 6) is 3.26. The van der Waals surface area contributed by atoms with Gasteiger partial charge in [-0.3, -0.25) is 0 Å². The molecule has 0 amide bonds. The van der Waals surface area contributed by atoms with Crippen molar-refractivity contribution in [3.63, 3.8) is 0 Å². The van der Waals surface area contributed by atoms with Crippen LogP contribution in [0.4, 0.5) is 0 Å². The van der Waals surface area contributed by atoms with Crippen molar-refractivity contribution in [2.75, 3.05) is 0 Å². The predicted octanol–water partition coefficient (Wildman–Crippen LogP) is 4.10. The molecule has 84 valence electrons. The van der Waals surface area contributed by atoms with Gasteiger partial charge in [-0.2, -0.15) is 0 Å². The van der Waals surface area contributed by atoms with E-state index in [1.54, 1.807) is 12.8 Å². The lowest BCUT2D eigenvalue weighted by atomic mass is 9.83. The van der Waals surface area contributed by atoms with Gasteiger partial charge in [0.25, 0.3) is 0 Å². The van der Waals surface area contributed by atoms with Gasteiger partial charge in [-0.05, 0) is 52.3 Å². The van der Waals surface area contributed by atoms with Crippen LogP contribution in [0, 0.1) is 39.4 Å². The molecule has 0 nitrogen and oxygen atoms in total. The maximum atomic E-state index is 2.56. The smallest absolute Gasteiger partial charge is 0.0173 e. The van der Waals surface area contributed by atoms with Gasteiger partial charge in [0, 0.05) is 0 Å². The summed E-state index contributed by atoms with van der Waals surface area (Å²) in [4.78, 5) is 0. The van der Waals surface area contributed by atoms with Crippen LogP contribution in [0.25, 0.3) is 0 Å². The summed E-state index contributed by atoms with van der Waals surface area (Å²) in [6, 6.07) is 0. The summed E-state index contributed by atoms with van der Waals surface area (Å²) in [5, 5.41) is 0. The Balaban J connectivity index is 1.85. The van der Waals surface area contributed by atoms with E-state index in [2.05, 4.69) is 34.6 Å². The lowest BCUT2D eigenvalue weighted by Gasteiger charge is -2.21. The van der Waals surface area contributed by atoms with Gasteiger partial charge < -0.3 is 0 Å². The minimum absolute atomic E-state index is 0.687. The minimum Gasteiger partial charge on any atom is -0.0651 e. The molecule has 4 saturated carbocycles. The minimum atomic E-state index is 0.687. The molecule has 5 atom stereocenters. The Labute approximate surface area is 93.8 Å². The van der Waals surface area contributed by atoms with Crippen LogP contribution >= 0.6 is 0 Å². The summed E-state index contributed by atoms with van der Waals surface area (Å²) in [5.41, 5.74) is 3.00. The molecule has 4 aliphatic carbocycles. The molecular weight excluding hydrogens is 180 g/mol. The molecule has 0 N–H and O–H groups in total. The lowest BCUT2D eigenvalue weighted by molar-refractivity contribution is 0.268. The third-order valence-electron chi connectivity index (χ3n) is 7.79. The molecule has 0 aromatic heterocycles. The molecule has 2 spiro atoms. The number of hydrogen-bond donors (Lipinski definition) is 0. The van der Waals surface area contributed by atoms with Crippen molar-refractivity contribution in [3.05, 3.63) is 0 Å². The molecular formula is C15H24. The van der Waals surface area contributed by atoms with E-state index in [0.717, 1.165) is 28.6 Å². The second kappa shape index (κ2) is 1.83. The first-order valence-corrected chi connectivity index (χ1v) is 6.86. The zero-order chi connectivity index (χ0) is 10.9. The number of fused-ring (bicyclic) bond motifs is 1. The second-order valence-electron chi connectivity index (χ2n) is 8.08. The van der Waals surface area contributed by atoms with Crippen molar-refractivity contribution < 1.29 is 0 Å². The summed E-state index contributed by atoms with van der Waals surface area (Å²) in [7, 11) is 0. The Hall–Kier alpha value is 0. The van der Waals surface area contributed by atoms with Gasteiger partial charge in [-0.25, -0.2) is 0 Å². The Morgan fingerprint density at radius 3 is 2.20 bits per heavy atom. The molecule has 4 fully saturated rings. The van der Waals surface area contributed by atoms with Gasteiger partial charge in [0.1, 0.15) is 0 Å². The molecule has 0 aliphatic heterocycles. The first-order valence-electron chi connectivity index (χ1n) is 6.86. The van der Waals surface area contributed by atoms with E-state index >= 15 is 0 Å². The van der Waals surface area contributed by atoms with E-state index in [4.69, 9.17) is 0 Å². The van der Waals surface area contributed by atoms with Crippen molar-refractivity contribution in [2.45, 2.75) is 53.9 Å². The first kappa shape index (κ1) is 9.07. The van der Waals surface area contributed by atoms with Gasteiger partial charge in [-0.1, -0.05) is 41.0 Å². The van der Waals surface area contributed by atoms with Crippen molar-refractivity contribution >= 4 is 0 Å². The summed E-state index contributed by atoms with van der Waals surface area (Å²) >= 11 is 0. The molecule has 15 heavy (non-hydrogen) atoms. The molecule has 4 rings (SSSR count). The summed E-state index contributed by atoms with van der Waals surface area (Å²) < 4.78 is 0. The summed E-state index contributed by atoms with van der Waals surface area (Å²) in [6.07, 6.45) is 4.60. The fourth-order valence-corrected chi connectivity index (χ4v) is 7.08. The average Bonchev–Trinajstić information content (AvgIpc) is 2.75. The summed E-state index contributed by atoms with van der Waals surface area (Å²) in [6.45, 7) is 12.6. The molecule has 4 aliphatic rings. The van der Waals surface area contributed by atoms with Crippen LogP contribution in [0.3, 0.4) is 0 Å². The Morgan fingerprint density at radius 2 is 1.67 bits per heavy atom. The van der Waals surface area contributed by atoms with Crippen LogP contribution in [-0.2, 0) is 0 Å². The van der Waals surface area contributed by atoms with Gasteiger partial charge >= 0.3 is 0 Å². The quantitative estimate of drug-likeness (QED) is 0.603. The monoisotopic (exact) mass is 204 g/mol. The number of rotatable bonds is 1. The topological polar surface area (TPSA) is 0 Å². The SMILES string of the molecule is CCC1CC23CC14C(C2C3(C)C)C4(C)C. The molecule has 0 aromatic carbocycles. The maximum Gasteiger partial charge on any atom is -0.0173 e. The third-order valence-corrected chi connectivity index (χ3v) is 7.79. The fourth-order valence-electron chi connectivity index (χ4n) is 7.08. The lowest BCUT2D eigenvalue weighted by Crippen LogP contribution is -2.15. The van der Waals surface area contributed by atoms with Crippen LogP contribution in [0.15, 0.2) is 0 Å². The highest BCUT2D eigenvalue weighted by atomic mass is 15.0. The van der Waals surface area contributed by atoms with E-state index in [-0.39, 0.29) is 0 Å². The first-order chi connectivity index (χ1) is 6.86. The van der Waals surface area contributed by atoms with E-state index in [0.29, 0.717) is 10.8 Å². The van der Waals surface area contributed by atoms with E-state index in [1.807, 2.05) is 0 Å². The largest absolute Gasteiger partial charge is 0.0651 e. The van der Waals surface area contributed by atoms with Crippen molar-refractivity contribution in [2.24, 2.45) is 39.4 Å². The molecule has 2 bridgehead atoms. The molecule has 5 unspecified atom stereocenters. The molecule has 0 heteroatoms. The van der Waals surface area contributed by atoms with E-state index < -0.39 is 0 Å². The highest BCUT2D eigenvalue weighted by Crippen LogP contribution is 3.02. The van der Waals surface area contributed by atoms with E-state index in [9.17, 15) is 0 Å². The Kier molecular flexibility index (Phi) is 1.10. The van der Waals surface area contributed by atoms with Gasteiger partial charge in [0.05, 0.1) is 0 Å². The van der Waals surface area contributed by atoms with Crippen LogP contribution in [0.5, 0.6) is 0 Å². The van der Waals surface area contributed by atoms with E-state index in [1.165, 1.54) is 6.42 Å². The molecule has 0 aromatic rings. The van der Waals surface area contributed by atoms with Gasteiger partial charge in [-0.15, -0.1) is 0 Å². The van der Waals surface area contributed by atoms with Gasteiger partial charge in [0.15, 0.2) is 0 Å². The molecule has 0 radical (unpaired) electrons.